The van der Waals surface area contributed by atoms with Gasteiger partial charge in [0.15, 0.2) is 11.4 Å². The lowest BCUT2D eigenvalue weighted by Crippen LogP contribution is -1.95. The van der Waals surface area contributed by atoms with Crippen molar-refractivity contribution in [1.29, 1.82) is 10.5 Å². The molecule has 0 heterocycles. The second-order valence-corrected chi connectivity index (χ2v) is 12.7. The number of hydrogen-bond donors (Lipinski definition) is 0. The molecule has 10 rings (SSSR count). The summed E-state index contributed by atoms with van der Waals surface area (Å²) >= 11 is 0. The largest absolute Gasteiger partial charge is 0.237 e. The van der Waals surface area contributed by atoms with E-state index in [1.165, 1.54) is 33.0 Å². The Morgan fingerprint density at radius 1 is 0.380 bits per heavy atom. The molecule has 224 valence electrons. The molecule has 2 aliphatic rings. The zero-order valence-electron chi connectivity index (χ0n) is 26.3. The maximum absolute atomic E-state index is 10.4. The molecular formula is C46H20N4. The highest BCUT2D eigenvalue weighted by Gasteiger charge is 2.31. The predicted molar refractivity (Wildman–Crippen MR) is 201 cm³/mol. The maximum atomic E-state index is 10.4. The van der Waals surface area contributed by atoms with Crippen LogP contribution in [-0.2, 0) is 0 Å². The van der Waals surface area contributed by atoms with E-state index >= 15 is 0 Å². The standard InChI is InChI=1S/C46H20N4/c1-49-39-15-7-9-25(23-47)41(39)45-29-13-5-6-14-30(29)46(42-26(24-48)10-8-16-40(42)50-2)38-22-36-34-20-18-32-28-12-4-3-11-27(28)31-17-19-33(44(34)43(31)32)35(36)21-37(38)45/h3-22H. The first-order valence-corrected chi connectivity index (χ1v) is 16.2. The van der Waals surface area contributed by atoms with Crippen LogP contribution in [0.25, 0.3) is 109 Å². The fourth-order valence-corrected chi connectivity index (χ4v) is 8.53. The van der Waals surface area contributed by atoms with Crippen LogP contribution in [0.2, 0.25) is 0 Å². The molecule has 4 nitrogen and oxygen atoms in total. The third kappa shape index (κ3) is 3.39. The molecule has 0 aliphatic heterocycles. The Hall–Kier alpha value is -7.50. The molecule has 0 N–H and O–H groups in total. The zero-order valence-corrected chi connectivity index (χ0v) is 26.3. The van der Waals surface area contributed by atoms with Gasteiger partial charge in [0, 0.05) is 22.3 Å². The van der Waals surface area contributed by atoms with Gasteiger partial charge in [-0.25, -0.2) is 9.69 Å². The van der Waals surface area contributed by atoms with Crippen molar-refractivity contribution in [2.24, 2.45) is 0 Å². The summed E-state index contributed by atoms with van der Waals surface area (Å²) in [6.45, 7) is 16.3. The van der Waals surface area contributed by atoms with Crippen molar-refractivity contribution in [2.45, 2.75) is 0 Å². The van der Waals surface area contributed by atoms with Gasteiger partial charge in [0.05, 0.1) is 25.3 Å². The van der Waals surface area contributed by atoms with Gasteiger partial charge in [0.25, 0.3) is 0 Å². The Morgan fingerprint density at radius 3 is 1.18 bits per heavy atom. The number of benzene rings is 8. The lowest BCUT2D eigenvalue weighted by molar-refractivity contribution is 1.48. The fourth-order valence-electron chi connectivity index (χ4n) is 8.53. The van der Waals surface area contributed by atoms with Crippen LogP contribution in [0.1, 0.15) is 11.1 Å². The lowest BCUT2D eigenvalue weighted by Gasteiger charge is -2.21. The van der Waals surface area contributed by atoms with E-state index in [0.717, 1.165) is 54.9 Å². The number of nitriles is 2. The van der Waals surface area contributed by atoms with Crippen LogP contribution in [0.5, 0.6) is 0 Å². The highest BCUT2D eigenvalue weighted by molar-refractivity contribution is 6.30. The van der Waals surface area contributed by atoms with Gasteiger partial charge in [0.1, 0.15) is 0 Å². The van der Waals surface area contributed by atoms with Gasteiger partial charge >= 0.3 is 0 Å². The normalized spacial score (nSPS) is 11.5. The molecule has 0 saturated heterocycles. The third-order valence-corrected chi connectivity index (χ3v) is 10.5. The average molecular weight is 629 g/mol. The fraction of sp³-hybridized carbons (Fsp3) is 0. The molecule has 2 aliphatic carbocycles. The molecule has 50 heavy (non-hydrogen) atoms. The molecule has 0 spiro atoms. The molecule has 0 amide bonds. The van der Waals surface area contributed by atoms with Crippen molar-refractivity contribution in [1.82, 2.24) is 0 Å². The van der Waals surface area contributed by atoms with Crippen LogP contribution in [0, 0.1) is 35.8 Å². The Bertz CT molecular complexity index is 2810. The molecule has 0 fully saturated rings. The van der Waals surface area contributed by atoms with Gasteiger partial charge in [-0.3, -0.25) is 0 Å². The molecule has 8 aromatic rings. The topological polar surface area (TPSA) is 56.3 Å². The monoisotopic (exact) mass is 628 g/mol. The van der Waals surface area contributed by atoms with Gasteiger partial charge in [0.2, 0.25) is 0 Å². The summed E-state index contributed by atoms with van der Waals surface area (Å²) in [5.74, 6) is 0. The van der Waals surface area contributed by atoms with Crippen LogP contribution < -0.4 is 0 Å². The highest BCUT2D eigenvalue weighted by atomic mass is 14.7. The van der Waals surface area contributed by atoms with Crippen LogP contribution in [0.3, 0.4) is 0 Å². The maximum Gasteiger partial charge on any atom is 0.196 e. The minimum absolute atomic E-state index is 0.395. The molecule has 0 bridgehead atoms. The first-order chi connectivity index (χ1) is 24.7. The van der Waals surface area contributed by atoms with Gasteiger partial charge in [-0.2, -0.15) is 10.5 Å². The molecule has 0 aromatic heterocycles. The summed E-state index contributed by atoms with van der Waals surface area (Å²) in [6.07, 6.45) is 0. The Morgan fingerprint density at radius 2 is 0.780 bits per heavy atom. The SMILES string of the molecule is [C-]#[N+]c1cccc(C#N)c1-c1c2ccccc2c(-c2c(C#N)cccc2[N+]#[C-])c2cc3c(cc12)-c1ccc2c4c(ccc-3c14)-c1ccccc1-2. The van der Waals surface area contributed by atoms with Crippen molar-refractivity contribution >= 4 is 43.7 Å². The van der Waals surface area contributed by atoms with E-state index in [2.05, 4.69) is 82.5 Å². The summed E-state index contributed by atoms with van der Waals surface area (Å²) in [6, 6.07) is 45.1. The summed E-state index contributed by atoms with van der Waals surface area (Å²) in [4.78, 5) is 7.81. The molecule has 0 atom stereocenters. The van der Waals surface area contributed by atoms with E-state index in [4.69, 9.17) is 13.1 Å². The number of nitrogens with zero attached hydrogens (tertiary/aromatic N) is 4. The summed E-state index contributed by atoms with van der Waals surface area (Å²) in [5.41, 5.74) is 13.8. The van der Waals surface area contributed by atoms with Gasteiger partial charge in [-0.1, -0.05) is 97.1 Å². The van der Waals surface area contributed by atoms with Crippen molar-refractivity contribution in [3.63, 3.8) is 0 Å². The summed E-state index contributed by atoms with van der Waals surface area (Å²) in [5, 5.41) is 26.7. The van der Waals surface area contributed by atoms with Crippen molar-refractivity contribution in [2.75, 3.05) is 0 Å². The first-order valence-electron chi connectivity index (χ1n) is 16.2. The van der Waals surface area contributed by atoms with Crippen molar-refractivity contribution in [3.8, 4) is 78.9 Å². The number of rotatable bonds is 2. The van der Waals surface area contributed by atoms with E-state index in [-0.39, 0.29) is 0 Å². The second kappa shape index (κ2) is 10.0. The Labute approximate surface area is 287 Å². The molecular weight excluding hydrogens is 609 g/mol. The molecule has 0 radical (unpaired) electrons. The summed E-state index contributed by atoms with van der Waals surface area (Å²) < 4.78 is 0. The second-order valence-electron chi connectivity index (χ2n) is 12.7. The van der Waals surface area contributed by atoms with Crippen molar-refractivity contribution in [3.05, 3.63) is 155 Å². The number of hydrogen-bond acceptors (Lipinski definition) is 2. The van der Waals surface area contributed by atoms with E-state index < -0.39 is 0 Å². The quantitative estimate of drug-likeness (QED) is 0.141. The van der Waals surface area contributed by atoms with E-state index in [0.29, 0.717) is 33.6 Å². The molecule has 0 unspecified atom stereocenters. The van der Waals surface area contributed by atoms with E-state index in [1.807, 2.05) is 24.3 Å². The summed E-state index contributed by atoms with van der Waals surface area (Å²) in [7, 11) is 0. The minimum atomic E-state index is 0.395. The molecule has 0 saturated carbocycles. The minimum Gasteiger partial charge on any atom is -0.237 e. The van der Waals surface area contributed by atoms with Crippen LogP contribution in [-0.4, -0.2) is 0 Å². The van der Waals surface area contributed by atoms with Gasteiger partial charge in [-0.15, -0.1) is 0 Å². The smallest absolute Gasteiger partial charge is 0.196 e. The van der Waals surface area contributed by atoms with Crippen molar-refractivity contribution < 1.29 is 0 Å². The Balaban J connectivity index is 1.43. The lowest BCUT2D eigenvalue weighted by atomic mass is 9.81. The van der Waals surface area contributed by atoms with E-state index in [9.17, 15) is 10.5 Å². The predicted octanol–water partition coefficient (Wildman–Crippen LogP) is 12.6. The molecule has 4 heteroatoms. The van der Waals surface area contributed by atoms with Crippen LogP contribution in [0.4, 0.5) is 11.4 Å². The first kappa shape index (κ1) is 27.6. The Kier molecular flexibility index (Phi) is 5.52. The third-order valence-electron chi connectivity index (χ3n) is 10.5. The van der Waals surface area contributed by atoms with Gasteiger partial charge in [-0.05, 0) is 112 Å². The van der Waals surface area contributed by atoms with Crippen LogP contribution >= 0.6 is 0 Å². The van der Waals surface area contributed by atoms with Gasteiger partial charge < -0.3 is 0 Å². The number of fused-ring (bicyclic) bond motifs is 8. The molecule has 8 aromatic carbocycles. The zero-order chi connectivity index (χ0) is 33.7. The van der Waals surface area contributed by atoms with Crippen LogP contribution in [0.15, 0.2) is 121 Å². The highest BCUT2D eigenvalue weighted by Crippen LogP contribution is 2.58. The van der Waals surface area contributed by atoms with E-state index in [1.54, 1.807) is 36.4 Å². The average Bonchev–Trinajstić information content (AvgIpc) is 3.67.